The fourth-order valence-electron chi connectivity index (χ4n) is 1.89. The van der Waals surface area contributed by atoms with Gasteiger partial charge in [-0.25, -0.2) is 0 Å². The van der Waals surface area contributed by atoms with E-state index in [2.05, 4.69) is 20.5 Å². The number of fused-ring (bicyclic) bond motifs is 1. The van der Waals surface area contributed by atoms with Gasteiger partial charge in [0, 0.05) is 6.54 Å². The SMILES string of the molecule is CNCc1ccc(Oc2nnc3ccccc3n2)cc1. The Bertz CT molecular complexity index is 712. The Kier molecular flexibility index (Phi) is 3.52. The molecule has 0 amide bonds. The molecule has 0 spiro atoms. The Balaban J connectivity index is 1.81. The third-order valence-electron chi connectivity index (χ3n) is 2.85. The highest BCUT2D eigenvalue weighted by atomic mass is 16.5. The number of nitrogens with zero attached hydrogens (tertiary/aromatic N) is 3. The summed E-state index contributed by atoms with van der Waals surface area (Å²) >= 11 is 0. The van der Waals surface area contributed by atoms with Crippen LogP contribution in [0, 0.1) is 0 Å². The fourth-order valence-corrected chi connectivity index (χ4v) is 1.89. The van der Waals surface area contributed by atoms with Crippen molar-refractivity contribution >= 4 is 11.0 Å². The van der Waals surface area contributed by atoms with E-state index in [1.54, 1.807) is 0 Å². The summed E-state index contributed by atoms with van der Waals surface area (Å²) in [4.78, 5) is 4.32. The summed E-state index contributed by atoms with van der Waals surface area (Å²) in [6.45, 7) is 0.828. The molecule has 0 aliphatic rings. The number of hydrogen-bond acceptors (Lipinski definition) is 5. The second-order valence-corrected chi connectivity index (χ2v) is 4.36. The van der Waals surface area contributed by atoms with Crippen LogP contribution in [0.15, 0.2) is 48.5 Å². The van der Waals surface area contributed by atoms with Crippen LogP contribution in [0.5, 0.6) is 11.8 Å². The highest BCUT2D eigenvalue weighted by molar-refractivity contribution is 5.73. The number of para-hydroxylation sites is 1. The lowest BCUT2D eigenvalue weighted by Gasteiger charge is -2.05. The molecule has 5 heteroatoms. The topological polar surface area (TPSA) is 59.9 Å². The molecule has 0 fully saturated rings. The average molecular weight is 266 g/mol. The molecule has 0 aliphatic carbocycles. The molecule has 0 radical (unpaired) electrons. The van der Waals surface area contributed by atoms with E-state index in [1.165, 1.54) is 5.56 Å². The first kappa shape index (κ1) is 12.5. The number of nitrogens with one attached hydrogen (secondary N) is 1. The summed E-state index contributed by atoms with van der Waals surface area (Å²) in [6.07, 6.45) is 0. The quantitative estimate of drug-likeness (QED) is 0.786. The maximum atomic E-state index is 5.61. The summed E-state index contributed by atoms with van der Waals surface area (Å²) in [5.41, 5.74) is 2.71. The number of benzene rings is 2. The maximum Gasteiger partial charge on any atom is 0.341 e. The van der Waals surface area contributed by atoms with Gasteiger partial charge in [-0.3, -0.25) is 0 Å². The van der Waals surface area contributed by atoms with Crippen LogP contribution in [0.4, 0.5) is 0 Å². The number of ether oxygens (including phenoxy) is 1. The van der Waals surface area contributed by atoms with Gasteiger partial charge in [-0.1, -0.05) is 29.4 Å². The highest BCUT2D eigenvalue weighted by Gasteiger charge is 2.03. The van der Waals surface area contributed by atoms with Crippen molar-refractivity contribution in [3.8, 4) is 11.8 Å². The average Bonchev–Trinajstić information content (AvgIpc) is 2.49. The van der Waals surface area contributed by atoms with Crippen molar-refractivity contribution in [2.75, 3.05) is 7.05 Å². The van der Waals surface area contributed by atoms with Gasteiger partial charge in [0.05, 0.1) is 5.52 Å². The van der Waals surface area contributed by atoms with E-state index in [9.17, 15) is 0 Å². The van der Waals surface area contributed by atoms with E-state index in [-0.39, 0.29) is 6.01 Å². The minimum absolute atomic E-state index is 0.255. The van der Waals surface area contributed by atoms with Crippen molar-refractivity contribution < 1.29 is 4.74 Å². The Labute approximate surface area is 116 Å². The summed E-state index contributed by atoms with van der Waals surface area (Å²) in [5.74, 6) is 0.696. The molecule has 20 heavy (non-hydrogen) atoms. The summed E-state index contributed by atoms with van der Waals surface area (Å²) in [5, 5.41) is 11.1. The molecule has 0 unspecified atom stereocenters. The first-order valence-corrected chi connectivity index (χ1v) is 6.36. The molecule has 100 valence electrons. The molecule has 5 nitrogen and oxygen atoms in total. The number of aromatic nitrogens is 3. The zero-order valence-corrected chi connectivity index (χ0v) is 11.1. The largest absolute Gasteiger partial charge is 0.423 e. The molecule has 0 bridgehead atoms. The minimum Gasteiger partial charge on any atom is -0.423 e. The fraction of sp³-hybridized carbons (Fsp3) is 0.133. The molecule has 2 aromatic carbocycles. The maximum absolute atomic E-state index is 5.61. The van der Waals surface area contributed by atoms with E-state index >= 15 is 0 Å². The first-order valence-electron chi connectivity index (χ1n) is 6.36. The number of rotatable bonds is 4. The summed E-state index contributed by atoms with van der Waals surface area (Å²) < 4.78 is 5.61. The zero-order valence-electron chi connectivity index (χ0n) is 11.1. The van der Waals surface area contributed by atoms with Crippen LogP contribution in [0.25, 0.3) is 11.0 Å². The first-order chi connectivity index (χ1) is 9.85. The molecule has 3 rings (SSSR count). The third-order valence-corrected chi connectivity index (χ3v) is 2.85. The monoisotopic (exact) mass is 266 g/mol. The summed E-state index contributed by atoms with van der Waals surface area (Å²) in [6, 6.07) is 15.6. The van der Waals surface area contributed by atoms with Crippen LogP contribution in [0.3, 0.4) is 0 Å². The van der Waals surface area contributed by atoms with E-state index in [1.807, 2.05) is 55.6 Å². The normalized spacial score (nSPS) is 10.7. The Hall–Kier alpha value is -2.53. The van der Waals surface area contributed by atoms with Crippen molar-refractivity contribution in [1.82, 2.24) is 20.5 Å². The standard InChI is InChI=1S/C15H14N4O/c1-16-10-11-6-8-12(9-7-11)20-15-17-13-4-2-3-5-14(13)18-19-15/h2-9,16H,10H2,1H3. The van der Waals surface area contributed by atoms with E-state index in [4.69, 9.17) is 4.74 Å². The lowest BCUT2D eigenvalue weighted by Crippen LogP contribution is -2.04. The predicted molar refractivity (Wildman–Crippen MR) is 76.6 cm³/mol. The van der Waals surface area contributed by atoms with E-state index in [0.717, 1.165) is 17.6 Å². The van der Waals surface area contributed by atoms with Crippen LogP contribution < -0.4 is 10.1 Å². The van der Waals surface area contributed by atoms with Crippen molar-refractivity contribution in [3.05, 3.63) is 54.1 Å². The molecule has 1 N–H and O–H groups in total. The Morgan fingerprint density at radius 3 is 2.45 bits per heavy atom. The summed E-state index contributed by atoms with van der Waals surface area (Å²) in [7, 11) is 1.92. The molecule has 0 saturated carbocycles. The molecule has 1 aromatic heterocycles. The lowest BCUT2D eigenvalue weighted by molar-refractivity contribution is 0.436. The highest BCUT2D eigenvalue weighted by Crippen LogP contribution is 2.19. The van der Waals surface area contributed by atoms with Gasteiger partial charge >= 0.3 is 6.01 Å². The molecular weight excluding hydrogens is 252 g/mol. The van der Waals surface area contributed by atoms with Crippen molar-refractivity contribution in [3.63, 3.8) is 0 Å². The third kappa shape index (κ3) is 2.73. The van der Waals surface area contributed by atoms with Crippen molar-refractivity contribution in [1.29, 1.82) is 0 Å². The molecule has 0 saturated heterocycles. The van der Waals surface area contributed by atoms with Crippen LogP contribution in [0.2, 0.25) is 0 Å². The van der Waals surface area contributed by atoms with Crippen molar-refractivity contribution in [2.45, 2.75) is 6.54 Å². The van der Waals surface area contributed by atoms with Gasteiger partial charge in [-0.05, 0) is 36.9 Å². The van der Waals surface area contributed by atoms with Gasteiger partial charge < -0.3 is 10.1 Å². The molecular formula is C15H14N4O. The van der Waals surface area contributed by atoms with Gasteiger partial charge in [-0.15, -0.1) is 5.10 Å². The van der Waals surface area contributed by atoms with Crippen molar-refractivity contribution in [2.24, 2.45) is 0 Å². The predicted octanol–water partition coefficient (Wildman–Crippen LogP) is 2.54. The zero-order chi connectivity index (χ0) is 13.8. The molecule has 1 heterocycles. The van der Waals surface area contributed by atoms with Gasteiger partial charge in [0.25, 0.3) is 0 Å². The van der Waals surface area contributed by atoms with Gasteiger partial charge in [0.15, 0.2) is 0 Å². The second-order valence-electron chi connectivity index (χ2n) is 4.36. The second kappa shape index (κ2) is 5.63. The van der Waals surface area contributed by atoms with E-state index < -0.39 is 0 Å². The van der Waals surface area contributed by atoms with Gasteiger partial charge in [0.2, 0.25) is 0 Å². The van der Waals surface area contributed by atoms with Crippen LogP contribution in [-0.4, -0.2) is 22.2 Å². The minimum atomic E-state index is 0.255. The number of hydrogen-bond donors (Lipinski definition) is 1. The van der Waals surface area contributed by atoms with Crippen LogP contribution in [-0.2, 0) is 6.54 Å². The molecule has 3 aromatic rings. The molecule has 0 aliphatic heterocycles. The Morgan fingerprint density at radius 2 is 1.70 bits per heavy atom. The molecule has 0 atom stereocenters. The smallest absolute Gasteiger partial charge is 0.341 e. The van der Waals surface area contributed by atoms with Crippen LogP contribution in [0.1, 0.15) is 5.56 Å². The lowest BCUT2D eigenvalue weighted by atomic mass is 10.2. The van der Waals surface area contributed by atoms with Gasteiger partial charge in [-0.2, -0.15) is 4.98 Å². The van der Waals surface area contributed by atoms with Crippen LogP contribution >= 0.6 is 0 Å². The Morgan fingerprint density at radius 1 is 0.950 bits per heavy atom. The van der Waals surface area contributed by atoms with Gasteiger partial charge in [0.1, 0.15) is 11.3 Å². The van der Waals surface area contributed by atoms with E-state index in [0.29, 0.717) is 5.75 Å².